The van der Waals surface area contributed by atoms with Crippen LogP contribution in [0.15, 0.2) is 54.7 Å². The number of piperidine rings is 1. The molecule has 36 heavy (non-hydrogen) atoms. The number of pyridine rings is 1. The monoisotopic (exact) mass is 489 g/mol. The first-order valence-electron chi connectivity index (χ1n) is 13.0. The molecule has 1 saturated heterocycles. The van der Waals surface area contributed by atoms with Gasteiger partial charge in [0.25, 0.3) is 0 Å². The minimum Gasteiger partial charge on any atom is -0.345 e. The number of carbonyl (C=O) groups excluding carboxylic acids is 2. The van der Waals surface area contributed by atoms with Gasteiger partial charge in [0.1, 0.15) is 5.82 Å². The number of Topliss-reactive ketones (excluding diaryl/α,β-unsaturated/α-hetero) is 1. The molecule has 1 amide bonds. The van der Waals surface area contributed by atoms with E-state index in [1.54, 1.807) is 18.3 Å². The van der Waals surface area contributed by atoms with E-state index in [4.69, 9.17) is 0 Å². The van der Waals surface area contributed by atoms with Crippen LogP contribution in [0.2, 0.25) is 0 Å². The number of aromatic nitrogens is 1. The summed E-state index contributed by atoms with van der Waals surface area (Å²) in [5, 5.41) is 5.22. The van der Waals surface area contributed by atoms with Gasteiger partial charge in [-0.2, -0.15) is 0 Å². The second-order valence-corrected chi connectivity index (χ2v) is 10.2. The maximum atomic E-state index is 13.4. The Bertz CT molecular complexity index is 1200. The van der Waals surface area contributed by atoms with E-state index in [-0.39, 0.29) is 24.1 Å². The first-order chi connectivity index (χ1) is 17.3. The number of benzene rings is 2. The third-order valence-corrected chi connectivity index (χ3v) is 7.47. The molecule has 6 heteroatoms. The van der Waals surface area contributed by atoms with Crippen LogP contribution in [0.25, 0.3) is 10.8 Å². The Morgan fingerprint density at radius 1 is 1.06 bits per heavy atom. The number of ketones is 1. The quantitative estimate of drug-likeness (QED) is 0.450. The lowest BCUT2D eigenvalue weighted by Crippen LogP contribution is -2.51. The Morgan fingerprint density at radius 2 is 1.75 bits per heavy atom. The Morgan fingerprint density at radius 3 is 2.47 bits per heavy atom. The molecule has 0 unspecified atom stereocenters. The zero-order valence-corrected chi connectivity index (χ0v) is 21.5. The molecule has 4 rings (SSSR count). The summed E-state index contributed by atoms with van der Waals surface area (Å²) >= 11 is 0. The lowest BCUT2D eigenvalue weighted by molar-refractivity contribution is -0.129. The molecule has 1 aliphatic heterocycles. The van der Waals surface area contributed by atoms with E-state index >= 15 is 0 Å². The van der Waals surface area contributed by atoms with Crippen molar-refractivity contribution in [1.82, 2.24) is 15.2 Å². The summed E-state index contributed by atoms with van der Waals surface area (Å²) in [7, 11) is 0. The van der Waals surface area contributed by atoms with Gasteiger partial charge in [-0.05, 0) is 81.2 Å². The zero-order chi connectivity index (χ0) is 25.7. The summed E-state index contributed by atoms with van der Waals surface area (Å²) in [6.45, 7) is 6.59. The average Bonchev–Trinajstić information content (AvgIpc) is 2.86. The Balaban J connectivity index is 1.44. The predicted molar refractivity (Wildman–Crippen MR) is 141 cm³/mol. The summed E-state index contributed by atoms with van der Waals surface area (Å²) in [5.41, 5.74) is 2.88. The van der Waals surface area contributed by atoms with Crippen LogP contribution in [-0.4, -0.2) is 46.2 Å². The van der Waals surface area contributed by atoms with Crippen molar-refractivity contribution in [1.29, 1.82) is 0 Å². The molecule has 3 atom stereocenters. The van der Waals surface area contributed by atoms with Gasteiger partial charge in [-0.1, -0.05) is 36.8 Å². The maximum absolute atomic E-state index is 13.4. The van der Waals surface area contributed by atoms with Crippen molar-refractivity contribution >= 4 is 22.5 Å². The molecule has 0 saturated carbocycles. The second kappa shape index (κ2) is 11.7. The zero-order valence-electron chi connectivity index (χ0n) is 21.5. The van der Waals surface area contributed by atoms with Gasteiger partial charge >= 0.3 is 0 Å². The first-order valence-corrected chi connectivity index (χ1v) is 13.0. The largest absolute Gasteiger partial charge is 0.345 e. The summed E-state index contributed by atoms with van der Waals surface area (Å²) in [5.74, 6) is -0.469. The Kier molecular flexibility index (Phi) is 8.47. The molecule has 0 spiro atoms. The lowest BCUT2D eigenvalue weighted by atomic mass is 9.96. The molecular formula is C30H36FN3O2. The number of carbonyl (C=O) groups is 2. The molecule has 190 valence electrons. The van der Waals surface area contributed by atoms with E-state index in [1.165, 1.54) is 18.6 Å². The summed E-state index contributed by atoms with van der Waals surface area (Å²) in [6.07, 6.45) is 6.39. The van der Waals surface area contributed by atoms with Crippen LogP contribution in [-0.2, 0) is 22.4 Å². The predicted octanol–water partition coefficient (Wildman–Crippen LogP) is 5.17. The van der Waals surface area contributed by atoms with Gasteiger partial charge in [0, 0.05) is 35.8 Å². The molecule has 5 nitrogen and oxygen atoms in total. The second-order valence-electron chi connectivity index (χ2n) is 10.2. The average molecular weight is 490 g/mol. The third-order valence-electron chi connectivity index (χ3n) is 7.47. The standard InChI is InChI=1S/C30H36FN3O2/c1-20-5-4-6-21(2)34(20)19-30(36)33-28(18-24-7-11-26(31)12-8-24)29(35)14-10-23-9-13-27-22(3)32-16-15-25(27)17-23/h7-9,11-13,15-17,20-21,28H,4-6,10,14,18-19H2,1-3H3,(H,33,36)/t20-,21+,28-/m0/s1. The fourth-order valence-corrected chi connectivity index (χ4v) is 5.27. The molecule has 0 bridgehead atoms. The van der Waals surface area contributed by atoms with Crippen molar-refractivity contribution in [2.75, 3.05) is 6.54 Å². The van der Waals surface area contributed by atoms with Gasteiger partial charge in [-0.15, -0.1) is 0 Å². The van der Waals surface area contributed by atoms with Crippen molar-refractivity contribution in [2.45, 2.75) is 77.4 Å². The van der Waals surface area contributed by atoms with Crippen LogP contribution >= 0.6 is 0 Å². The van der Waals surface area contributed by atoms with Crippen LogP contribution in [0.5, 0.6) is 0 Å². The highest BCUT2D eigenvalue weighted by Crippen LogP contribution is 2.22. The fraction of sp³-hybridized carbons (Fsp3) is 0.433. The topological polar surface area (TPSA) is 62.3 Å². The van der Waals surface area contributed by atoms with Gasteiger partial charge < -0.3 is 5.32 Å². The maximum Gasteiger partial charge on any atom is 0.234 e. The highest BCUT2D eigenvalue weighted by molar-refractivity contribution is 5.90. The molecule has 1 aliphatic rings. The number of fused-ring (bicyclic) bond motifs is 1. The van der Waals surface area contributed by atoms with Gasteiger partial charge in [-0.25, -0.2) is 4.39 Å². The Labute approximate surface area is 213 Å². The van der Waals surface area contributed by atoms with Crippen molar-refractivity contribution in [2.24, 2.45) is 0 Å². The van der Waals surface area contributed by atoms with Crippen LogP contribution in [0.1, 0.15) is 56.4 Å². The fourth-order valence-electron chi connectivity index (χ4n) is 5.27. The Hall–Kier alpha value is -3.12. The van der Waals surface area contributed by atoms with Crippen molar-refractivity contribution in [3.05, 3.63) is 77.4 Å². The van der Waals surface area contributed by atoms with E-state index in [9.17, 15) is 14.0 Å². The van der Waals surface area contributed by atoms with Gasteiger partial charge in [0.05, 0.1) is 12.6 Å². The molecule has 2 heterocycles. The third kappa shape index (κ3) is 6.55. The highest BCUT2D eigenvalue weighted by atomic mass is 19.1. The van der Waals surface area contributed by atoms with Crippen LogP contribution < -0.4 is 5.32 Å². The molecule has 1 aromatic heterocycles. The van der Waals surface area contributed by atoms with Crippen molar-refractivity contribution in [3.8, 4) is 0 Å². The van der Waals surface area contributed by atoms with E-state index < -0.39 is 6.04 Å². The van der Waals surface area contributed by atoms with Crippen LogP contribution in [0.3, 0.4) is 0 Å². The summed E-state index contributed by atoms with van der Waals surface area (Å²) < 4.78 is 13.4. The number of hydrogen-bond donors (Lipinski definition) is 1. The van der Waals surface area contributed by atoms with Crippen molar-refractivity contribution in [3.63, 3.8) is 0 Å². The minimum atomic E-state index is -0.648. The number of likely N-dealkylation sites (tertiary alicyclic amines) is 1. The minimum absolute atomic E-state index is 0.0154. The van der Waals surface area contributed by atoms with Gasteiger partial charge in [-0.3, -0.25) is 19.5 Å². The molecular weight excluding hydrogens is 453 g/mol. The van der Waals surface area contributed by atoms with Crippen LogP contribution in [0.4, 0.5) is 4.39 Å². The summed E-state index contributed by atoms with van der Waals surface area (Å²) in [6, 6.07) is 14.3. The molecule has 1 fully saturated rings. The van der Waals surface area contributed by atoms with E-state index in [0.29, 0.717) is 31.3 Å². The number of aryl methyl sites for hydroxylation is 2. The van der Waals surface area contributed by atoms with Gasteiger partial charge in [0.15, 0.2) is 5.78 Å². The molecule has 0 radical (unpaired) electrons. The SMILES string of the molecule is Cc1nccc2cc(CCC(=O)[C@H](Cc3ccc(F)cc3)NC(=O)CN3[C@H](C)CCC[C@@H]3C)ccc12. The first kappa shape index (κ1) is 26.0. The van der Waals surface area contributed by atoms with E-state index in [0.717, 1.165) is 40.4 Å². The molecule has 0 aliphatic carbocycles. The smallest absolute Gasteiger partial charge is 0.234 e. The van der Waals surface area contributed by atoms with E-state index in [2.05, 4.69) is 41.2 Å². The molecule has 2 aromatic carbocycles. The highest BCUT2D eigenvalue weighted by Gasteiger charge is 2.28. The number of rotatable bonds is 9. The number of nitrogens with zero attached hydrogens (tertiary/aromatic N) is 2. The molecule has 1 N–H and O–H groups in total. The lowest BCUT2D eigenvalue weighted by Gasteiger charge is -2.38. The van der Waals surface area contributed by atoms with Crippen molar-refractivity contribution < 1.29 is 14.0 Å². The number of hydrogen-bond acceptors (Lipinski definition) is 4. The number of nitrogens with one attached hydrogen (secondary N) is 1. The normalized spacial score (nSPS) is 19.2. The van der Waals surface area contributed by atoms with E-state index in [1.807, 2.05) is 19.1 Å². The van der Waals surface area contributed by atoms with Crippen LogP contribution in [0, 0.1) is 12.7 Å². The summed E-state index contributed by atoms with van der Waals surface area (Å²) in [4.78, 5) is 33.0. The number of halogens is 1. The van der Waals surface area contributed by atoms with Gasteiger partial charge in [0.2, 0.25) is 5.91 Å². The number of amides is 1. The molecule has 3 aromatic rings.